The molecule has 2 N–H and O–H groups in total. The lowest BCUT2D eigenvalue weighted by Gasteiger charge is -2.10. The Hall–Kier alpha value is -1.20. The number of rotatable bonds is 3. The third kappa shape index (κ3) is 2.97. The smallest absolute Gasteiger partial charge is 0.337 e. The average molecular weight is 286 g/mol. The summed E-state index contributed by atoms with van der Waals surface area (Å²) in [5.41, 5.74) is 0.467. The normalized spacial score (nSPS) is 18.6. The van der Waals surface area contributed by atoms with Gasteiger partial charge >= 0.3 is 5.97 Å². The number of hydrogen-bond donors (Lipinski definition) is 2. The first-order chi connectivity index (χ1) is 8.58. The second-order valence-corrected chi connectivity index (χ2v) is 5.61. The molecule has 0 spiro atoms. The molecule has 1 atom stereocenters. The average Bonchev–Trinajstić information content (AvgIpc) is 2.85. The summed E-state index contributed by atoms with van der Waals surface area (Å²) in [6.07, 6.45) is 0.871. The zero-order valence-corrected chi connectivity index (χ0v) is 11.1. The maximum atomic E-state index is 11.9. The maximum Gasteiger partial charge on any atom is 0.337 e. The van der Waals surface area contributed by atoms with Gasteiger partial charge in [0.05, 0.1) is 10.6 Å². The van der Waals surface area contributed by atoms with Crippen LogP contribution < -0.4 is 5.32 Å². The van der Waals surface area contributed by atoms with Crippen molar-refractivity contribution in [3.8, 4) is 0 Å². The number of aromatic carboxylic acids is 1. The number of carboxylic acids is 1. The first kappa shape index (κ1) is 13.2. The van der Waals surface area contributed by atoms with Crippen molar-refractivity contribution in [2.45, 2.75) is 6.42 Å². The van der Waals surface area contributed by atoms with Crippen LogP contribution >= 0.6 is 23.4 Å². The van der Waals surface area contributed by atoms with Crippen LogP contribution in [0.15, 0.2) is 18.2 Å². The van der Waals surface area contributed by atoms with Crippen LogP contribution in [0.5, 0.6) is 0 Å². The fraction of sp³-hybridized carbons (Fsp3) is 0.333. The molecule has 1 aromatic carbocycles. The van der Waals surface area contributed by atoms with Gasteiger partial charge in [0.1, 0.15) is 0 Å². The van der Waals surface area contributed by atoms with Crippen LogP contribution in [0.1, 0.15) is 16.8 Å². The Kier molecular flexibility index (Phi) is 4.14. The second-order valence-electron chi connectivity index (χ2n) is 4.05. The number of anilines is 1. The molecule has 1 aromatic rings. The molecular weight excluding hydrogens is 274 g/mol. The molecule has 1 unspecified atom stereocenters. The maximum absolute atomic E-state index is 11.9. The van der Waals surface area contributed by atoms with Gasteiger partial charge in [-0.2, -0.15) is 11.8 Å². The van der Waals surface area contributed by atoms with E-state index in [-0.39, 0.29) is 22.4 Å². The molecule has 1 saturated heterocycles. The summed E-state index contributed by atoms with van der Waals surface area (Å²) in [5.74, 6) is 0.676. The minimum atomic E-state index is -1.10. The van der Waals surface area contributed by atoms with E-state index in [0.29, 0.717) is 5.69 Å². The van der Waals surface area contributed by atoms with Crippen LogP contribution in [0.2, 0.25) is 5.02 Å². The number of carboxylic acid groups (broad SMARTS) is 1. The molecule has 0 bridgehead atoms. The number of amides is 1. The van der Waals surface area contributed by atoms with Gasteiger partial charge in [-0.3, -0.25) is 4.79 Å². The van der Waals surface area contributed by atoms with Crippen LogP contribution in [0.3, 0.4) is 0 Å². The summed E-state index contributed by atoms with van der Waals surface area (Å²) >= 11 is 7.51. The predicted octanol–water partition coefficient (Wildman–Crippen LogP) is 2.73. The molecule has 0 radical (unpaired) electrons. The SMILES string of the molecule is O=C(O)c1cc(NC(=O)C2CCSC2)ccc1Cl. The number of carbonyl (C=O) groups is 2. The number of benzene rings is 1. The van der Waals surface area contributed by atoms with Crippen LogP contribution in [0.4, 0.5) is 5.69 Å². The van der Waals surface area contributed by atoms with Crippen molar-refractivity contribution in [2.24, 2.45) is 5.92 Å². The highest BCUT2D eigenvalue weighted by molar-refractivity contribution is 7.99. The molecular formula is C12H12ClNO3S. The highest BCUT2D eigenvalue weighted by Gasteiger charge is 2.23. The Labute approximate surface area is 114 Å². The third-order valence-electron chi connectivity index (χ3n) is 2.76. The Morgan fingerprint density at radius 1 is 1.44 bits per heavy atom. The molecule has 2 rings (SSSR count). The van der Waals surface area contributed by atoms with Crippen molar-refractivity contribution >= 4 is 40.9 Å². The fourth-order valence-electron chi connectivity index (χ4n) is 1.75. The number of thioether (sulfide) groups is 1. The number of nitrogens with one attached hydrogen (secondary N) is 1. The van der Waals surface area contributed by atoms with E-state index in [1.807, 2.05) is 0 Å². The van der Waals surface area contributed by atoms with Crippen molar-refractivity contribution in [1.82, 2.24) is 0 Å². The Bertz CT molecular complexity index is 486. The molecule has 0 saturated carbocycles. The van der Waals surface area contributed by atoms with E-state index in [1.54, 1.807) is 17.8 Å². The van der Waals surface area contributed by atoms with E-state index < -0.39 is 5.97 Å². The van der Waals surface area contributed by atoms with Gasteiger partial charge in [-0.05, 0) is 30.4 Å². The third-order valence-corrected chi connectivity index (χ3v) is 4.26. The monoisotopic (exact) mass is 285 g/mol. The molecule has 1 aliphatic rings. The predicted molar refractivity (Wildman–Crippen MR) is 72.5 cm³/mol. The minimum absolute atomic E-state index is 0.00439. The van der Waals surface area contributed by atoms with Gasteiger partial charge in [0, 0.05) is 17.4 Å². The van der Waals surface area contributed by atoms with Gasteiger partial charge in [-0.1, -0.05) is 11.6 Å². The number of halogens is 1. The van der Waals surface area contributed by atoms with Crippen molar-refractivity contribution in [3.63, 3.8) is 0 Å². The van der Waals surface area contributed by atoms with Crippen LogP contribution in [0.25, 0.3) is 0 Å². The molecule has 0 aromatic heterocycles. The molecule has 1 amide bonds. The first-order valence-electron chi connectivity index (χ1n) is 5.49. The van der Waals surface area contributed by atoms with Crippen molar-refractivity contribution in [2.75, 3.05) is 16.8 Å². The lowest BCUT2D eigenvalue weighted by molar-refractivity contribution is -0.119. The highest BCUT2D eigenvalue weighted by Crippen LogP contribution is 2.26. The summed E-state index contributed by atoms with van der Waals surface area (Å²) in [4.78, 5) is 22.8. The quantitative estimate of drug-likeness (QED) is 0.896. The van der Waals surface area contributed by atoms with E-state index in [0.717, 1.165) is 17.9 Å². The van der Waals surface area contributed by atoms with Crippen molar-refractivity contribution in [1.29, 1.82) is 0 Å². The minimum Gasteiger partial charge on any atom is -0.478 e. The number of hydrogen-bond acceptors (Lipinski definition) is 3. The van der Waals surface area contributed by atoms with E-state index >= 15 is 0 Å². The van der Waals surface area contributed by atoms with E-state index in [1.165, 1.54) is 12.1 Å². The lowest BCUT2D eigenvalue weighted by Crippen LogP contribution is -2.22. The fourth-order valence-corrected chi connectivity index (χ4v) is 3.17. The van der Waals surface area contributed by atoms with Crippen molar-refractivity contribution < 1.29 is 14.7 Å². The topological polar surface area (TPSA) is 66.4 Å². The van der Waals surface area contributed by atoms with Gasteiger partial charge in [0.2, 0.25) is 5.91 Å². The lowest BCUT2D eigenvalue weighted by atomic mass is 10.1. The molecule has 0 aliphatic carbocycles. The van der Waals surface area contributed by atoms with E-state index in [4.69, 9.17) is 16.7 Å². The van der Waals surface area contributed by atoms with Crippen LogP contribution in [-0.2, 0) is 4.79 Å². The zero-order valence-electron chi connectivity index (χ0n) is 9.48. The Morgan fingerprint density at radius 2 is 2.22 bits per heavy atom. The molecule has 6 heteroatoms. The number of carbonyl (C=O) groups excluding carboxylic acids is 1. The molecule has 4 nitrogen and oxygen atoms in total. The van der Waals surface area contributed by atoms with Crippen LogP contribution in [-0.4, -0.2) is 28.5 Å². The Morgan fingerprint density at radius 3 is 2.83 bits per heavy atom. The van der Waals surface area contributed by atoms with Gasteiger partial charge in [-0.15, -0.1) is 0 Å². The van der Waals surface area contributed by atoms with Gasteiger partial charge in [-0.25, -0.2) is 4.79 Å². The van der Waals surface area contributed by atoms with Gasteiger partial charge in [0.25, 0.3) is 0 Å². The van der Waals surface area contributed by atoms with E-state index in [2.05, 4.69) is 5.32 Å². The highest BCUT2D eigenvalue weighted by atomic mass is 35.5. The largest absolute Gasteiger partial charge is 0.478 e. The Balaban J connectivity index is 2.11. The zero-order chi connectivity index (χ0) is 13.1. The summed E-state index contributed by atoms with van der Waals surface area (Å²) in [7, 11) is 0. The molecule has 1 aliphatic heterocycles. The summed E-state index contributed by atoms with van der Waals surface area (Å²) in [6.45, 7) is 0. The van der Waals surface area contributed by atoms with Crippen molar-refractivity contribution in [3.05, 3.63) is 28.8 Å². The van der Waals surface area contributed by atoms with E-state index in [9.17, 15) is 9.59 Å². The van der Waals surface area contributed by atoms with Gasteiger partial charge < -0.3 is 10.4 Å². The molecule has 18 heavy (non-hydrogen) atoms. The van der Waals surface area contributed by atoms with Crippen LogP contribution in [0, 0.1) is 5.92 Å². The second kappa shape index (κ2) is 5.63. The summed E-state index contributed by atoms with van der Waals surface area (Å²) in [6, 6.07) is 4.46. The van der Waals surface area contributed by atoms with Gasteiger partial charge in [0.15, 0.2) is 0 Å². The molecule has 1 fully saturated rings. The standard InChI is InChI=1S/C12H12ClNO3S/c13-10-2-1-8(5-9(10)12(16)17)14-11(15)7-3-4-18-6-7/h1-2,5,7H,3-4,6H2,(H,14,15)(H,16,17). The molecule has 1 heterocycles. The summed E-state index contributed by atoms with van der Waals surface area (Å²) < 4.78 is 0. The summed E-state index contributed by atoms with van der Waals surface area (Å²) in [5, 5.41) is 11.8. The molecule has 96 valence electrons. The first-order valence-corrected chi connectivity index (χ1v) is 7.02.